The van der Waals surface area contributed by atoms with Crippen LogP contribution in [0.1, 0.15) is 29.6 Å². The second-order valence-electron chi connectivity index (χ2n) is 10.1. The molecule has 2 heterocycles. The molecule has 2 aliphatic rings. The lowest BCUT2D eigenvalue weighted by Crippen LogP contribution is -2.45. The van der Waals surface area contributed by atoms with E-state index in [-0.39, 0.29) is 18.4 Å². The van der Waals surface area contributed by atoms with Gasteiger partial charge < -0.3 is 24.2 Å². The number of nitrogens with zero attached hydrogens (tertiary/aromatic N) is 5. The van der Waals surface area contributed by atoms with Gasteiger partial charge in [0.05, 0.1) is 19.9 Å². The molecule has 1 aliphatic carbocycles. The minimum absolute atomic E-state index is 0.0188. The van der Waals surface area contributed by atoms with E-state index in [1.807, 2.05) is 47.4 Å². The molecular weight excluding hydrogens is 494 g/mol. The third-order valence-electron chi connectivity index (χ3n) is 7.31. The standard InChI is InChI=1S/C30H35N5O4/c1-38-25-11-9-23(10-12-25)27-13-14-28(32-31-27)33-15-4-16-34(18-17-33)29(36)21-35(20-22-7-8-22)30(37)24-5-3-6-26(19-24)39-2/h3,5-6,9-14,19,22H,4,7-8,15-18,20-21H2,1-2H3. The highest BCUT2D eigenvalue weighted by molar-refractivity contribution is 5.97. The monoisotopic (exact) mass is 529 g/mol. The minimum atomic E-state index is -0.127. The summed E-state index contributed by atoms with van der Waals surface area (Å²) >= 11 is 0. The van der Waals surface area contributed by atoms with Gasteiger partial charge in [-0.05, 0) is 79.8 Å². The van der Waals surface area contributed by atoms with Gasteiger partial charge in [0.25, 0.3) is 5.91 Å². The maximum absolute atomic E-state index is 13.4. The lowest BCUT2D eigenvalue weighted by molar-refractivity contribution is -0.131. The molecule has 2 fully saturated rings. The normalized spacial score (nSPS) is 15.4. The van der Waals surface area contributed by atoms with Crippen molar-refractivity contribution in [3.63, 3.8) is 0 Å². The van der Waals surface area contributed by atoms with Gasteiger partial charge in [-0.15, -0.1) is 10.2 Å². The lowest BCUT2D eigenvalue weighted by atomic mass is 10.1. The van der Waals surface area contributed by atoms with Crippen LogP contribution < -0.4 is 14.4 Å². The van der Waals surface area contributed by atoms with Gasteiger partial charge in [0.2, 0.25) is 5.91 Å². The molecule has 2 aromatic carbocycles. The van der Waals surface area contributed by atoms with E-state index in [9.17, 15) is 9.59 Å². The smallest absolute Gasteiger partial charge is 0.254 e. The van der Waals surface area contributed by atoms with E-state index < -0.39 is 0 Å². The fraction of sp³-hybridized carbons (Fsp3) is 0.400. The Morgan fingerprint density at radius 2 is 1.69 bits per heavy atom. The molecule has 0 spiro atoms. The SMILES string of the molecule is COc1ccc(-c2ccc(N3CCCN(C(=O)CN(CC4CC4)C(=O)c4cccc(OC)c4)CC3)nn2)cc1. The van der Waals surface area contributed by atoms with Gasteiger partial charge in [0, 0.05) is 43.9 Å². The first kappa shape index (κ1) is 26.5. The summed E-state index contributed by atoms with van der Waals surface area (Å²) in [5.74, 6) is 2.56. The van der Waals surface area contributed by atoms with Gasteiger partial charge in [0.15, 0.2) is 5.82 Å². The fourth-order valence-corrected chi connectivity index (χ4v) is 4.84. The highest BCUT2D eigenvalue weighted by atomic mass is 16.5. The second kappa shape index (κ2) is 12.1. The van der Waals surface area contributed by atoms with Crippen molar-refractivity contribution in [3.8, 4) is 22.8 Å². The molecule has 9 nitrogen and oxygen atoms in total. The van der Waals surface area contributed by atoms with Crippen LogP contribution in [-0.4, -0.2) is 85.3 Å². The molecule has 9 heteroatoms. The lowest BCUT2D eigenvalue weighted by Gasteiger charge is -2.27. The van der Waals surface area contributed by atoms with Crippen molar-refractivity contribution in [1.29, 1.82) is 0 Å². The predicted octanol–water partition coefficient (Wildman–Crippen LogP) is 3.75. The Bertz CT molecular complexity index is 1280. The Labute approximate surface area is 229 Å². The Morgan fingerprint density at radius 3 is 2.38 bits per heavy atom. The quantitative estimate of drug-likeness (QED) is 0.417. The van der Waals surface area contributed by atoms with Crippen molar-refractivity contribution < 1.29 is 19.1 Å². The summed E-state index contributed by atoms with van der Waals surface area (Å²) < 4.78 is 10.5. The third kappa shape index (κ3) is 6.66. The largest absolute Gasteiger partial charge is 0.497 e. The van der Waals surface area contributed by atoms with E-state index in [1.54, 1.807) is 37.3 Å². The van der Waals surface area contributed by atoms with Crippen LogP contribution in [0.5, 0.6) is 11.5 Å². The van der Waals surface area contributed by atoms with Gasteiger partial charge in [0.1, 0.15) is 18.0 Å². The van der Waals surface area contributed by atoms with Crippen LogP contribution in [0.25, 0.3) is 11.3 Å². The van der Waals surface area contributed by atoms with E-state index in [1.165, 1.54) is 0 Å². The number of benzene rings is 2. The van der Waals surface area contributed by atoms with E-state index >= 15 is 0 Å². The molecule has 1 aromatic heterocycles. The maximum atomic E-state index is 13.4. The van der Waals surface area contributed by atoms with Crippen LogP contribution in [0.2, 0.25) is 0 Å². The number of rotatable bonds is 9. The molecule has 0 radical (unpaired) electrons. The number of carbonyl (C=O) groups excluding carboxylic acids is 2. The molecule has 2 amide bonds. The zero-order chi connectivity index (χ0) is 27.2. The molecule has 5 rings (SSSR count). The Hall–Kier alpha value is -4.14. The number of anilines is 1. The molecule has 0 atom stereocenters. The first-order valence-electron chi connectivity index (χ1n) is 13.5. The molecule has 0 unspecified atom stereocenters. The molecule has 3 aromatic rings. The van der Waals surface area contributed by atoms with E-state index in [2.05, 4.69) is 15.1 Å². The Morgan fingerprint density at radius 1 is 0.897 bits per heavy atom. The van der Waals surface area contributed by atoms with E-state index in [0.29, 0.717) is 43.4 Å². The van der Waals surface area contributed by atoms with Crippen LogP contribution in [0, 0.1) is 5.92 Å². The summed E-state index contributed by atoms with van der Waals surface area (Å²) in [6, 6.07) is 18.8. The number of methoxy groups -OCH3 is 2. The number of carbonyl (C=O) groups is 2. The van der Waals surface area contributed by atoms with Gasteiger partial charge in [-0.1, -0.05) is 6.07 Å². The third-order valence-corrected chi connectivity index (χ3v) is 7.31. The molecule has 1 saturated heterocycles. The van der Waals surface area contributed by atoms with Crippen LogP contribution in [-0.2, 0) is 4.79 Å². The molecule has 1 saturated carbocycles. The molecule has 0 bridgehead atoms. The minimum Gasteiger partial charge on any atom is -0.497 e. The topological polar surface area (TPSA) is 88.1 Å². The predicted molar refractivity (Wildman–Crippen MR) is 149 cm³/mol. The average Bonchev–Trinajstić information content (AvgIpc) is 3.83. The number of ether oxygens (including phenoxy) is 2. The van der Waals surface area contributed by atoms with Crippen molar-refractivity contribution in [1.82, 2.24) is 20.0 Å². The average molecular weight is 530 g/mol. The fourth-order valence-electron chi connectivity index (χ4n) is 4.84. The van der Waals surface area contributed by atoms with E-state index in [4.69, 9.17) is 9.47 Å². The molecule has 39 heavy (non-hydrogen) atoms. The Kier molecular flexibility index (Phi) is 8.24. The van der Waals surface area contributed by atoms with Crippen molar-refractivity contribution in [2.24, 2.45) is 5.92 Å². The summed E-state index contributed by atoms with van der Waals surface area (Å²) in [6.45, 7) is 3.37. The van der Waals surface area contributed by atoms with Crippen LogP contribution in [0.3, 0.4) is 0 Å². The molecule has 1 aliphatic heterocycles. The summed E-state index contributed by atoms with van der Waals surface area (Å²) in [4.78, 5) is 32.4. The highest BCUT2D eigenvalue weighted by Crippen LogP contribution is 2.30. The number of aromatic nitrogens is 2. The van der Waals surface area contributed by atoms with Gasteiger partial charge >= 0.3 is 0 Å². The molecule has 204 valence electrons. The summed E-state index contributed by atoms with van der Waals surface area (Å²) in [5.41, 5.74) is 2.31. The van der Waals surface area contributed by atoms with Crippen LogP contribution in [0.15, 0.2) is 60.7 Å². The molecular formula is C30H35N5O4. The van der Waals surface area contributed by atoms with Crippen LogP contribution in [0.4, 0.5) is 5.82 Å². The zero-order valence-electron chi connectivity index (χ0n) is 22.6. The Balaban J connectivity index is 1.20. The van der Waals surface area contributed by atoms with Crippen molar-refractivity contribution in [2.75, 3.05) is 58.4 Å². The summed E-state index contributed by atoms with van der Waals surface area (Å²) in [7, 11) is 3.23. The molecule has 0 N–H and O–H groups in total. The summed E-state index contributed by atoms with van der Waals surface area (Å²) in [6.07, 6.45) is 3.03. The zero-order valence-corrected chi connectivity index (χ0v) is 22.6. The number of hydrogen-bond acceptors (Lipinski definition) is 7. The highest BCUT2D eigenvalue weighted by Gasteiger charge is 2.30. The first-order valence-corrected chi connectivity index (χ1v) is 13.5. The van der Waals surface area contributed by atoms with Gasteiger partial charge in [-0.3, -0.25) is 9.59 Å². The van der Waals surface area contributed by atoms with E-state index in [0.717, 1.165) is 48.6 Å². The number of hydrogen-bond donors (Lipinski definition) is 0. The van der Waals surface area contributed by atoms with Crippen molar-refractivity contribution in [3.05, 3.63) is 66.2 Å². The first-order chi connectivity index (χ1) is 19.0. The number of amides is 2. The van der Waals surface area contributed by atoms with Gasteiger partial charge in [-0.2, -0.15) is 0 Å². The van der Waals surface area contributed by atoms with Crippen molar-refractivity contribution >= 4 is 17.6 Å². The van der Waals surface area contributed by atoms with Gasteiger partial charge in [-0.25, -0.2) is 0 Å². The van der Waals surface area contributed by atoms with Crippen LogP contribution >= 0.6 is 0 Å². The maximum Gasteiger partial charge on any atom is 0.254 e. The second-order valence-corrected chi connectivity index (χ2v) is 10.1. The summed E-state index contributed by atoms with van der Waals surface area (Å²) in [5, 5.41) is 8.90. The van der Waals surface area contributed by atoms with Crippen molar-refractivity contribution in [2.45, 2.75) is 19.3 Å².